The Kier molecular flexibility index (Phi) is 5.11. The standard InChI is InChI=1S/C17H22N2O5/c1-9(16-10(2)18-24-12(16)4)6-15(20)19(5)8-13-7-14(17(21)22)11(3)23-13/h7,9H,6,8H2,1-5H3,(H,21,22). The zero-order valence-electron chi connectivity index (χ0n) is 14.5. The van der Waals surface area contributed by atoms with E-state index in [4.69, 9.17) is 14.0 Å². The van der Waals surface area contributed by atoms with Gasteiger partial charge in [0.25, 0.3) is 0 Å². The van der Waals surface area contributed by atoms with Crippen molar-refractivity contribution in [2.24, 2.45) is 0 Å². The van der Waals surface area contributed by atoms with E-state index in [1.54, 1.807) is 14.0 Å². The summed E-state index contributed by atoms with van der Waals surface area (Å²) >= 11 is 0. The summed E-state index contributed by atoms with van der Waals surface area (Å²) in [5.41, 5.74) is 1.87. The molecule has 7 heteroatoms. The van der Waals surface area contributed by atoms with Crippen LogP contribution in [0.1, 0.15) is 58.2 Å². The Bertz CT molecular complexity index is 740. The van der Waals surface area contributed by atoms with Crippen LogP contribution in [0.25, 0.3) is 0 Å². The molecule has 1 atom stereocenters. The van der Waals surface area contributed by atoms with Crippen LogP contribution in [0.2, 0.25) is 0 Å². The zero-order valence-corrected chi connectivity index (χ0v) is 14.5. The van der Waals surface area contributed by atoms with E-state index in [9.17, 15) is 9.59 Å². The fourth-order valence-electron chi connectivity index (χ4n) is 2.87. The summed E-state index contributed by atoms with van der Waals surface area (Å²) in [4.78, 5) is 25.0. The summed E-state index contributed by atoms with van der Waals surface area (Å²) < 4.78 is 10.6. The van der Waals surface area contributed by atoms with Gasteiger partial charge in [0, 0.05) is 19.0 Å². The van der Waals surface area contributed by atoms with E-state index in [0.29, 0.717) is 17.9 Å². The van der Waals surface area contributed by atoms with Crippen molar-refractivity contribution in [2.75, 3.05) is 7.05 Å². The van der Waals surface area contributed by atoms with Crippen molar-refractivity contribution in [1.82, 2.24) is 10.1 Å². The van der Waals surface area contributed by atoms with E-state index < -0.39 is 5.97 Å². The molecule has 24 heavy (non-hydrogen) atoms. The van der Waals surface area contributed by atoms with Gasteiger partial charge in [-0.25, -0.2) is 4.79 Å². The maximum Gasteiger partial charge on any atom is 0.339 e. The molecule has 0 fully saturated rings. The predicted molar refractivity (Wildman–Crippen MR) is 85.9 cm³/mol. The molecular formula is C17H22N2O5. The van der Waals surface area contributed by atoms with Gasteiger partial charge in [-0.05, 0) is 32.8 Å². The number of amides is 1. The van der Waals surface area contributed by atoms with Crippen molar-refractivity contribution in [3.05, 3.63) is 40.2 Å². The highest BCUT2D eigenvalue weighted by Crippen LogP contribution is 2.26. The number of hydrogen-bond donors (Lipinski definition) is 1. The smallest absolute Gasteiger partial charge is 0.339 e. The summed E-state index contributed by atoms with van der Waals surface area (Å²) in [5, 5.41) is 13.0. The molecule has 0 aromatic carbocycles. The number of furan rings is 1. The molecule has 0 bridgehead atoms. The zero-order chi connectivity index (χ0) is 18.0. The van der Waals surface area contributed by atoms with Gasteiger partial charge in [0.2, 0.25) is 5.91 Å². The lowest BCUT2D eigenvalue weighted by Gasteiger charge is -2.18. The lowest BCUT2D eigenvalue weighted by molar-refractivity contribution is -0.131. The molecule has 1 unspecified atom stereocenters. The van der Waals surface area contributed by atoms with E-state index in [-0.39, 0.29) is 23.9 Å². The molecular weight excluding hydrogens is 312 g/mol. The van der Waals surface area contributed by atoms with E-state index in [2.05, 4.69) is 5.16 Å². The van der Waals surface area contributed by atoms with Crippen LogP contribution in [0.5, 0.6) is 0 Å². The molecule has 0 saturated heterocycles. The highest BCUT2D eigenvalue weighted by atomic mass is 16.5. The number of carbonyl (C=O) groups is 2. The summed E-state index contributed by atoms with van der Waals surface area (Å²) in [6, 6.07) is 1.46. The second-order valence-corrected chi connectivity index (χ2v) is 6.08. The second-order valence-electron chi connectivity index (χ2n) is 6.08. The van der Waals surface area contributed by atoms with Crippen LogP contribution < -0.4 is 0 Å². The van der Waals surface area contributed by atoms with Crippen LogP contribution in [0.4, 0.5) is 0 Å². The van der Waals surface area contributed by atoms with Gasteiger partial charge < -0.3 is 18.9 Å². The molecule has 0 saturated carbocycles. The number of aromatic nitrogens is 1. The fourth-order valence-corrected chi connectivity index (χ4v) is 2.87. The third-order valence-electron chi connectivity index (χ3n) is 4.08. The third-order valence-corrected chi connectivity index (χ3v) is 4.08. The van der Waals surface area contributed by atoms with Gasteiger partial charge in [-0.15, -0.1) is 0 Å². The Balaban J connectivity index is 2.02. The fraction of sp³-hybridized carbons (Fsp3) is 0.471. The van der Waals surface area contributed by atoms with E-state index in [0.717, 1.165) is 17.0 Å². The highest BCUT2D eigenvalue weighted by molar-refractivity contribution is 5.88. The number of carboxylic acids is 1. The molecule has 1 N–H and O–H groups in total. The van der Waals surface area contributed by atoms with Crippen molar-refractivity contribution in [3.8, 4) is 0 Å². The molecule has 2 aromatic heterocycles. The number of hydrogen-bond acceptors (Lipinski definition) is 5. The van der Waals surface area contributed by atoms with Gasteiger partial charge >= 0.3 is 5.97 Å². The Morgan fingerprint density at radius 3 is 2.46 bits per heavy atom. The predicted octanol–water partition coefficient (Wildman–Crippen LogP) is 3.04. The third kappa shape index (κ3) is 3.67. The molecule has 0 aliphatic carbocycles. The van der Waals surface area contributed by atoms with E-state index in [1.807, 2.05) is 20.8 Å². The van der Waals surface area contributed by atoms with Gasteiger partial charge in [-0.2, -0.15) is 0 Å². The van der Waals surface area contributed by atoms with E-state index >= 15 is 0 Å². The molecule has 130 valence electrons. The molecule has 2 rings (SSSR count). The summed E-state index contributed by atoms with van der Waals surface area (Å²) in [6.07, 6.45) is 0.310. The summed E-state index contributed by atoms with van der Waals surface area (Å²) in [6.45, 7) is 7.46. The molecule has 1 amide bonds. The summed E-state index contributed by atoms with van der Waals surface area (Å²) in [5.74, 6) is 0.396. The number of carbonyl (C=O) groups excluding carboxylic acids is 1. The van der Waals surface area contributed by atoms with Crippen LogP contribution in [-0.4, -0.2) is 34.1 Å². The van der Waals surface area contributed by atoms with Gasteiger partial charge in [0.15, 0.2) is 0 Å². The van der Waals surface area contributed by atoms with Crippen molar-refractivity contribution < 1.29 is 23.6 Å². The maximum atomic E-state index is 12.4. The van der Waals surface area contributed by atoms with Crippen molar-refractivity contribution in [2.45, 2.75) is 46.6 Å². The molecule has 0 spiro atoms. The van der Waals surface area contributed by atoms with Crippen LogP contribution in [0.15, 0.2) is 15.0 Å². The molecule has 7 nitrogen and oxygen atoms in total. The number of aromatic carboxylic acids is 1. The monoisotopic (exact) mass is 334 g/mol. The molecule has 0 radical (unpaired) electrons. The first-order chi connectivity index (χ1) is 11.2. The highest BCUT2D eigenvalue weighted by Gasteiger charge is 2.22. The minimum Gasteiger partial charge on any atom is -0.478 e. The maximum absolute atomic E-state index is 12.4. The second kappa shape index (κ2) is 6.90. The Hall–Kier alpha value is -2.57. The van der Waals surface area contributed by atoms with Gasteiger partial charge in [-0.3, -0.25) is 4.79 Å². The SMILES string of the molecule is Cc1noc(C)c1C(C)CC(=O)N(C)Cc1cc(C(=O)O)c(C)o1. The molecule has 2 aromatic rings. The topological polar surface area (TPSA) is 96.8 Å². The Morgan fingerprint density at radius 2 is 1.96 bits per heavy atom. The van der Waals surface area contributed by atoms with Crippen LogP contribution in [0.3, 0.4) is 0 Å². The van der Waals surface area contributed by atoms with Gasteiger partial charge in [0.05, 0.1) is 12.2 Å². The molecule has 0 aliphatic heterocycles. The number of rotatable bonds is 6. The van der Waals surface area contributed by atoms with Crippen molar-refractivity contribution >= 4 is 11.9 Å². The van der Waals surface area contributed by atoms with Gasteiger partial charge in [0.1, 0.15) is 22.8 Å². The van der Waals surface area contributed by atoms with Gasteiger partial charge in [-0.1, -0.05) is 12.1 Å². The minimum atomic E-state index is -1.04. The largest absolute Gasteiger partial charge is 0.478 e. The minimum absolute atomic E-state index is 0.0147. The van der Waals surface area contributed by atoms with Crippen molar-refractivity contribution in [1.29, 1.82) is 0 Å². The first kappa shape index (κ1) is 17.8. The number of carboxylic acid groups (broad SMARTS) is 1. The average molecular weight is 334 g/mol. The van der Waals surface area contributed by atoms with Crippen molar-refractivity contribution in [3.63, 3.8) is 0 Å². The first-order valence-corrected chi connectivity index (χ1v) is 7.70. The normalized spacial score (nSPS) is 12.2. The van der Waals surface area contributed by atoms with E-state index in [1.165, 1.54) is 11.0 Å². The van der Waals surface area contributed by atoms with Crippen LogP contribution in [-0.2, 0) is 11.3 Å². The number of nitrogens with zero attached hydrogens (tertiary/aromatic N) is 2. The summed E-state index contributed by atoms with van der Waals surface area (Å²) in [7, 11) is 1.67. The quantitative estimate of drug-likeness (QED) is 0.872. The Labute approximate surface area is 140 Å². The molecule has 0 aliphatic rings. The van der Waals surface area contributed by atoms with Crippen LogP contribution in [0, 0.1) is 20.8 Å². The Morgan fingerprint density at radius 1 is 1.29 bits per heavy atom. The molecule has 2 heterocycles. The average Bonchev–Trinajstić information content (AvgIpc) is 3.01. The first-order valence-electron chi connectivity index (χ1n) is 7.70. The lowest BCUT2D eigenvalue weighted by Crippen LogP contribution is -2.27. The number of aryl methyl sites for hydroxylation is 3. The van der Waals surface area contributed by atoms with Crippen LogP contribution >= 0.6 is 0 Å². The lowest BCUT2D eigenvalue weighted by atomic mass is 9.95.